The minimum Gasteiger partial charge on any atom is -0.299 e. The summed E-state index contributed by atoms with van der Waals surface area (Å²) in [5, 5.41) is 0. The lowest BCUT2D eigenvalue weighted by atomic mass is 10.1. The van der Waals surface area contributed by atoms with Crippen molar-refractivity contribution in [2.75, 3.05) is 13.1 Å². The smallest absolute Gasteiger partial charge is 0.242 e. The van der Waals surface area contributed by atoms with Gasteiger partial charge in [-0.25, -0.2) is 8.78 Å². The number of aromatic nitrogens is 1. The first-order valence-corrected chi connectivity index (χ1v) is 5.15. The molecule has 1 saturated heterocycles. The normalized spacial score (nSPS) is 22.5. The van der Waals surface area contributed by atoms with Crippen molar-refractivity contribution < 1.29 is 8.78 Å². The van der Waals surface area contributed by atoms with Gasteiger partial charge in [-0.3, -0.25) is 9.88 Å². The second-order valence-electron chi connectivity index (χ2n) is 3.97. The summed E-state index contributed by atoms with van der Waals surface area (Å²) in [6.45, 7) is 2.04. The highest BCUT2D eigenvalue weighted by atomic mass is 19.3. The van der Waals surface area contributed by atoms with Crippen LogP contribution in [0.1, 0.15) is 12.0 Å². The molecule has 0 aliphatic carbocycles. The van der Waals surface area contributed by atoms with E-state index >= 15 is 0 Å². The van der Waals surface area contributed by atoms with Crippen molar-refractivity contribution in [2.24, 2.45) is 5.92 Å². The van der Waals surface area contributed by atoms with Crippen molar-refractivity contribution in [1.82, 2.24) is 9.88 Å². The van der Waals surface area contributed by atoms with Crippen molar-refractivity contribution in [3.8, 4) is 0 Å². The summed E-state index contributed by atoms with van der Waals surface area (Å²) < 4.78 is 24.8. The molecule has 2 nitrogen and oxygen atoms in total. The van der Waals surface area contributed by atoms with Gasteiger partial charge in [-0.05, 0) is 30.7 Å². The second-order valence-corrected chi connectivity index (χ2v) is 3.97. The van der Waals surface area contributed by atoms with E-state index in [4.69, 9.17) is 0 Å². The third-order valence-electron chi connectivity index (χ3n) is 2.82. The summed E-state index contributed by atoms with van der Waals surface area (Å²) >= 11 is 0. The van der Waals surface area contributed by atoms with Gasteiger partial charge in [0.2, 0.25) is 6.43 Å². The number of pyridine rings is 1. The van der Waals surface area contributed by atoms with Crippen LogP contribution in [0.2, 0.25) is 0 Å². The van der Waals surface area contributed by atoms with Crippen molar-refractivity contribution in [3.05, 3.63) is 30.1 Å². The zero-order valence-electron chi connectivity index (χ0n) is 8.44. The Morgan fingerprint density at radius 3 is 2.73 bits per heavy atom. The number of likely N-dealkylation sites (tertiary alicyclic amines) is 1. The molecule has 1 aliphatic heterocycles. The lowest BCUT2D eigenvalue weighted by molar-refractivity contribution is 0.0803. The molecule has 1 fully saturated rings. The fourth-order valence-electron chi connectivity index (χ4n) is 1.96. The molecule has 1 aromatic heterocycles. The van der Waals surface area contributed by atoms with Gasteiger partial charge in [0.15, 0.2) is 0 Å². The molecule has 0 saturated carbocycles. The van der Waals surface area contributed by atoms with E-state index in [1.165, 1.54) is 0 Å². The van der Waals surface area contributed by atoms with Gasteiger partial charge in [-0.1, -0.05) is 0 Å². The maximum absolute atomic E-state index is 12.4. The quantitative estimate of drug-likeness (QED) is 0.763. The van der Waals surface area contributed by atoms with Crippen LogP contribution in [0, 0.1) is 5.92 Å². The molecular formula is C11H14F2N2. The van der Waals surface area contributed by atoms with Gasteiger partial charge in [-0.15, -0.1) is 0 Å². The fraction of sp³-hybridized carbons (Fsp3) is 0.545. The molecule has 0 aromatic carbocycles. The monoisotopic (exact) mass is 212 g/mol. The SMILES string of the molecule is FC(F)C1CCN(Cc2ccncc2)C1. The van der Waals surface area contributed by atoms with E-state index < -0.39 is 12.3 Å². The highest BCUT2D eigenvalue weighted by Gasteiger charge is 2.29. The molecule has 1 aromatic rings. The predicted molar refractivity (Wildman–Crippen MR) is 53.6 cm³/mol. The molecule has 1 unspecified atom stereocenters. The molecule has 2 rings (SSSR count). The Balaban J connectivity index is 1.88. The third kappa shape index (κ3) is 2.72. The van der Waals surface area contributed by atoms with Crippen LogP contribution in [0.4, 0.5) is 8.78 Å². The molecule has 4 heteroatoms. The van der Waals surface area contributed by atoms with E-state index in [0.29, 0.717) is 13.0 Å². The number of halogens is 2. The topological polar surface area (TPSA) is 16.1 Å². The summed E-state index contributed by atoms with van der Waals surface area (Å²) in [5.74, 6) is -0.438. The third-order valence-corrected chi connectivity index (χ3v) is 2.82. The minimum atomic E-state index is -2.17. The van der Waals surface area contributed by atoms with E-state index in [2.05, 4.69) is 9.88 Å². The van der Waals surface area contributed by atoms with Crippen molar-refractivity contribution in [2.45, 2.75) is 19.4 Å². The average molecular weight is 212 g/mol. The molecule has 82 valence electrons. The largest absolute Gasteiger partial charge is 0.299 e. The Bertz CT molecular complexity index is 303. The lowest BCUT2D eigenvalue weighted by Crippen LogP contribution is -2.22. The fourth-order valence-corrected chi connectivity index (χ4v) is 1.96. The average Bonchev–Trinajstić information content (AvgIpc) is 2.68. The van der Waals surface area contributed by atoms with Gasteiger partial charge in [0, 0.05) is 31.4 Å². The van der Waals surface area contributed by atoms with Crippen LogP contribution < -0.4 is 0 Å². The second kappa shape index (κ2) is 4.66. The van der Waals surface area contributed by atoms with Crippen LogP contribution in [-0.4, -0.2) is 29.4 Å². The summed E-state index contributed by atoms with van der Waals surface area (Å²) in [6, 6.07) is 3.85. The van der Waals surface area contributed by atoms with Gasteiger partial charge in [0.05, 0.1) is 0 Å². The molecule has 0 amide bonds. The lowest BCUT2D eigenvalue weighted by Gasteiger charge is -2.15. The van der Waals surface area contributed by atoms with Crippen LogP contribution in [0.15, 0.2) is 24.5 Å². The predicted octanol–water partition coefficient (Wildman–Crippen LogP) is 2.17. The van der Waals surface area contributed by atoms with E-state index in [1.54, 1.807) is 12.4 Å². The number of alkyl halides is 2. The standard InChI is InChI=1S/C11H14F2N2/c12-11(13)10-3-6-15(8-10)7-9-1-4-14-5-2-9/h1-2,4-5,10-11H,3,6-8H2. The van der Waals surface area contributed by atoms with Crippen molar-refractivity contribution >= 4 is 0 Å². The van der Waals surface area contributed by atoms with E-state index in [1.807, 2.05) is 12.1 Å². The van der Waals surface area contributed by atoms with Crippen LogP contribution >= 0.6 is 0 Å². The molecule has 2 heterocycles. The number of rotatable bonds is 3. The zero-order valence-corrected chi connectivity index (χ0v) is 8.44. The van der Waals surface area contributed by atoms with E-state index in [9.17, 15) is 8.78 Å². The van der Waals surface area contributed by atoms with Crippen LogP contribution in [0.25, 0.3) is 0 Å². The minimum absolute atomic E-state index is 0.438. The molecule has 0 bridgehead atoms. The zero-order chi connectivity index (χ0) is 10.7. The molecule has 15 heavy (non-hydrogen) atoms. The maximum Gasteiger partial charge on any atom is 0.242 e. The van der Waals surface area contributed by atoms with Gasteiger partial charge < -0.3 is 0 Å². The van der Waals surface area contributed by atoms with Crippen LogP contribution in [0.5, 0.6) is 0 Å². The first-order valence-electron chi connectivity index (χ1n) is 5.15. The Hall–Kier alpha value is -1.03. The Morgan fingerprint density at radius 1 is 1.40 bits per heavy atom. The van der Waals surface area contributed by atoms with Gasteiger partial charge in [0.25, 0.3) is 0 Å². The molecule has 0 N–H and O–H groups in total. The Morgan fingerprint density at radius 2 is 2.13 bits per heavy atom. The molecule has 0 spiro atoms. The molecule has 1 atom stereocenters. The number of hydrogen-bond acceptors (Lipinski definition) is 2. The van der Waals surface area contributed by atoms with Crippen molar-refractivity contribution in [3.63, 3.8) is 0 Å². The van der Waals surface area contributed by atoms with Gasteiger partial charge in [-0.2, -0.15) is 0 Å². The van der Waals surface area contributed by atoms with E-state index in [-0.39, 0.29) is 0 Å². The summed E-state index contributed by atoms with van der Waals surface area (Å²) in [5.41, 5.74) is 1.14. The Labute approximate surface area is 87.9 Å². The highest BCUT2D eigenvalue weighted by Crippen LogP contribution is 2.23. The van der Waals surface area contributed by atoms with Crippen LogP contribution in [-0.2, 0) is 6.54 Å². The molecular weight excluding hydrogens is 198 g/mol. The van der Waals surface area contributed by atoms with Gasteiger partial charge >= 0.3 is 0 Å². The Kier molecular flexibility index (Phi) is 3.26. The molecule has 1 aliphatic rings. The summed E-state index contributed by atoms with van der Waals surface area (Å²) in [4.78, 5) is 6.00. The van der Waals surface area contributed by atoms with Crippen LogP contribution in [0.3, 0.4) is 0 Å². The summed E-state index contributed by atoms with van der Waals surface area (Å²) in [7, 11) is 0. The highest BCUT2D eigenvalue weighted by molar-refractivity contribution is 5.09. The van der Waals surface area contributed by atoms with E-state index in [0.717, 1.165) is 18.7 Å². The van der Waals surface area contributed by atoms with Gasteiger partial charge in [0.1, 0.15) is 0 Å². The molecule has 0 radical (unpaired) electrons. The summed E-state index contributed by atoms with van der Waals surface area (Å²) in [6.07, 6.45) is 1.90. The van der Waals surface area contributed by atoms with Crippen molar-refractivity contribution in [1.29, 1.82) is 0 Å². The first-order chi connectivity index (χ1) is 7.25. The number of nitrogens with zero attached hydrogens (tertiary/aromatic N) is 2. The maximum atomic E-state index is 12.4. The number of hydrogen-bond donors (Lipinski definition) is 0. The first kappa shape index (κ1) is 10.5.